The molecule has 4 heterocycles. The monoisotopic (exact) mass is 1140 g/mol. The van der Waals surface area contributed by atoms with Crippen LogP contribution in [0.1, 0.15) is 91.6 Å². The number of aryl methyl sites for hydroxylation is 4. The van der Waals surface area contributed by atoms with Gasteiger partial charge in [0.15, 0.2) is 0 Å². The van der Waals surface area contributed by atoms with E-state index < -0.39 is 46.5 Å². The van der Waals surface area contributed by atoms with E-state index in [4.69, 9.17) is 0 Å². The smallest absolute Gasteiger partial charge is 0.307 e. The summed E-state index contributed by atoms with van der Waals surface area (Å²) in [6, 6.07) is 40.5. The Morgan fingerprint density at radius 2 is 0.571 bits per heavy atom. The molecule has 0 aliphatic rings. The van der Waals surface area contributed by atoms with Gasteiger partial charge in [-0.25, -0.2) is 17.6 Å². The fourth-order valence-electron chi connectivity index (χ4n) is 12.0. The lowest BCUT2D eigenvalue weighted by Crippen LogP contribution is -2.14. The second-order valence-corrected chi connectivity index (χ2v) is 21.2. The molecule has 0 amide bonds. The minimum Gasteiger partial charge on any atom is -0.307 e. The van der Waals surface area contributed by atoms with Crippen molar-refractivity contribution in [2.45, 2.75) is 93.4 Å². The average molecular weight is 1140 g/mol. The molecule has 426 valence electrons. The standard InChI is InChI=1S/C65H43F10N5.2C2H6/c1-33-7-19-50-45(23-33)46-24-34(2)8-20-51(46)79(50)60-49(32-76)61(80-52-21-9-35(3)25-47(52)48-26-36(4)10-22-53(48)80)59(78-55-28-38(63(6,68)69)12-16-42(55)44-18-14-40(30-57(44)78)65(73,74)75)31-58(60)77-54-27-37(62(5,66)67)11-15-41(54)43-17-13-39(29-56(43)77)64(70,71)72;2*1-2/h7-31H,1-6H3;2*1-2H3. The number of hydrogen-bond donors (Lipinski definition) is 0. The third-order valence-electron chi connectivity index (χ3n) is 15.6. The highest BCUT2D eigenvalue weighted by Crippen LogP contribution is 2.49. The van der Waals surface area contributed by atoms with Gasteiger partial charge in [0.25, 0.3) is 11.8 Å². The lowest BCUT2D eigenvalue weighted by molar-refractivity contribution is -0.138. The molecule has 0 radical (unpaired) electrons. The number of nitriles is 1. The molecule has 0 aliphatic carbocycles. The molecule has 0 fully saturated rings. The van der Waals surface area contributed by atoms with Crippen LogP contribution in [0, 0.1) is 39.0 Å². The molecule has 0 aliphatic heterocycles. The summed E-state index contributed by atoms with van der Waals surface area (Å²) in [6.45, 7) is 17.0. The predicted molar refractivity (Wildman–Crippen MR) is 319 cm³/mol. The van der Waals surface area contributed by atoms with Crippen molar-refractivity contribution in [2.75, 3.05) is 0 Å². The third kappa shape index (κ3) is 9.00. The maximum atomic E-state index is 15.8. The van der Waals surface area contributed by atoms with Crippen molar-refractivity contribution >= 4 is 87.2 Å². The molecule has 0 saturated carbocycles. The van der Waals surface area contributed by atoms with Gasteiger partial charge in [-0.3, -0.25) is 0 Å². The predicted octanol–water partition coefficient (Wildman–Crippen LogP) is 21.5. The van der Waals surface area contributed by atoms with Crippen LogP contribution in [-0.4, -0.2) is 18.3 Å². The van der Waals surface area contributed by atoms with Crippen LogP contribution >= 0.6 is 0 Å². The Morgan fingerprint density at radius 3 is 0.821 bits per heavy atom. The van der Waals surface area contributed by atoms with Gasteiger partial charge in [0.05, 0.1) is 78.0 Å². The van der Waals surface area contributed by atoms with E-state index in [2.05, 4.69) is 6.07 Å². The molecule has 13 aromatic rings. The van der Waals surface area contributed by atoms with E-state index in [1.807, 2.05) is 137 Å². The summed E-state index contributed by atoms with van der Waals surface area (Å²) in [7, 11) is 0. The van der Waals surface area contributed by atoms with Crippen LogP contribution in [-0.2, 0) is 24.2 Å². The SMILES string of the molecule is CC.CC.Cc1ccc2c(c1)c1cc(C)ccc1n2-c1c(-n2c3cc(C(C)(F)F)ccc3c3ccc(C(F)(F)F)cc32)cc(-n2c3cc(C(C)(F)F)ccc3c3ccc(C(F)(F)F)cc32)c(-n2c3ccc(C)cc3c3cc(C)ccc32)c1C#N. The Kier molecular flexibility index (Phi) is 13.6. The van der Waals surface area contributed by atoms with Crippen LogP contribution in [0.15, 0.2) is 152 Å². The Bertz CT molecular complexity index is 4330. The van der Waals surface area contributed by atoms with E-state index in [9.17, 15) is 5.26 Å². The molecule has 0 bridgehead atoms. The third-order valence-corrected chi connectivity index (χ3v) is 15.6. The van der Waals surface area contributed by atoms with E-state index >= 15 is 43.9 Å². The lowest BCUT2D eigenvalue weighted by Gasteiger charge is -2.26. The number of alkyl halides is 10. The molecule has 4 aromatic heterocycles. The summed E-state index contributed by atoms with van der Waals surface area (Å²) >= 11 is 0. The van der Waals surface area contributed by atoms with E-state index in [0.29, 0.717) is 35.9 Å². The first kappa shape index (κ1) is 56.8. The lowest BCUT2D eigenvalue weighted by atomic mass is 10.0. The summed E-state index contributed by atoms with van der Waals surface area (Å²) < 4.78 is 161. The number of benzene rings is 9. The molecule has 0 atom stereocenters. The Hall–Kier alpha value is -9.03. The highest BCUT2D eigenvalue weighted by Gasteiger charge is 2.37. The molecule has 0 spiro atoms. The number of hydrogen-bond acceptors (Lipinski definition) is 1. The summed E-state index contributed by atoms with van der Waals surface area (Å²) in [4.78, 5) is 0. The highest BCUT2D eigenvalue weighted by atomic mass is 19.4. The molecule has 0 unspecified atom stereocenters. The van der Waals surface area contributed by atoms with Crippen LogP contribution < -0.4 is 0 Å². The summed E-state index contributed by atoms with van der Waals surface area (Å²) in [5.74, 6) is -6.95. The van der Waals surface area contributed by atoms with E-state index in [1.165, 1.54) is 63.7 Å². The number of rotatable bonds is 6. The summed E-state index contributed by atoms with van der Waals surface area (Å²) in [5, 5.41) is 16.4. The summed E-state index contributed by atoms with van der Waals surface area (Å²) in [5.41, 5.74) is 2.20. The van der Waals surface area contributed by atoms with Crippen LogP contribution in [0.25, 0.3) is 110 Å². The largest absolute Gasteiger partial charge is 0.416 e. The molecule has 0 saturated heterocycles. The second-order valence-electron chi connectivity index (χ2n) is 21.2. The number of nitrogens with zero attached hydrogens (tertiary/aromatic N) is 5. The van der Waals surface area contributed by atoms with E-state index in [0.717, 1.165) is 68.1 Å². The molecule has 84 heavy (non-hydrogen) atoms. The van der Waals surface area contributed by atoms with Gasteiger partial charge in [-0.05, 0) is 119 Å². The minimum absolute atomic E-state index is 0.00644. The Balaban J connectivity index is 0.00000180. The molecule has 5 nitrogen and oxygen atoms in total. The van der Waals surface area contributed by atoms with Crippen molar-refractivity contribution < 1.29 is 43.9 Å². The number of fused-ring (bicyclic) bond motifs is 12. The normalized spacial score (nSPS) is 12.5. The summed E-state index contributed by atoms with van der Waals surface area (Å²) in [6.07, 6.45) is -9.83. The Labute approximate surface area is 476 Å². The van der Waals surface area contributed by atoms with Gasteiger partial charge in [-0.1, -0.05) is 111 Å². The quantitative estimate of drug-likeness (QED) is 0.153. The van der Waals surface area contributed by atoms with Crippen LogP contribution in [0.3, 0.4) is 0 Å². The first-order chi connectivity index (χ1) is 39.8. The van der Waals surface area contributed by atoms with Crippen LogP contribution in [0.5, 0.6) is 0 Å². The van der Waals surface area contributed by atoms with Crippen molar-refractivity contribution in [3.05, 3.63) is 202 Å². The van der Waals surface area contributed by atoms with Crippen LogP contribution in [0.4, 0.5) is 43.9 Å². The van der Waals surface area contributed by atoms with Gasteiger partial charge in [0.1, 0.15) is 11.6 Å². The number of aromatic nitrogens is 4. The van der Waals surface area contributed by atoms with Crippen molar-refractivity contribution in [1.29, 1.82) is 5.26 Å². The zero-order chi connectivity index (χ0) is 60.4. The zero-order valence-electron chi connectivity index (χ0n) is 47.4. The number of halogens is 10. The van der Waals surface area contributed by atoms with Gasteiger partial charge in [-0.15, -0.1) is 0 Å². The molecular formula is C69H55F10N5. The van der Waals surface area contributed by atoms with Gasteiger partial charge in [0.2, 0.25) is 0 Å². The molecule has 15 heteroatoms. The van der Waals surface area contributed by atoms with Crippen molar-refractivity contribution in [2.24, 2.45) is 0 Å². The molecule has 9 aromatic carbocycles. The van der Waals surface area contributed by atoms with Crippen molar-refractivity contribution in [3.8, 4) is 28.8 Å². The zero-order valence-corrected chi connectivity index (χ0v) is 47.4. The fourth-order valence-corrected chi connectivity index (χ4v) is 12.0. The average Bonchev–Trinajstić information content (AvgIpc) is 1.55. The first-order valence-electron chi connectivity index (χ1n) is 27.5. The van der Waals surface area contributed by atoms with E-state index in [-0.39, 0.29) is 71.9 Å². The van der Waals surface area contributed by atoms with Crippen molar-refractivity contribution in [3.63, 3.8) is 0 Å². The van der Waals surface area contributed by atoms with Gasteiger partial charge < -0.3 is 18.3 Å². The molecule has 13 rings (SSSR count). The van der Waals surface area contributed by atoms with Crippen LogP contribution in [0.2, 0.25) is 0 Å². The fraction of sp³-hybridized carbons (Fsp3) is 0.203. The van der Waals surface area contributed by atoms with E-state index in [1.54, 1.807) is 0 Å². The van der Waals surface area contributed by atoms with Gasteiger partial charge >= 0.3 is 12.4 Å². The minimum atomic E-state index is -4.92. The topological polar surface area (TPSA) is 43.5 Å². The maximum absolute atomic E-state index is 15.8. The molecular weight excluding hydrogens is 1090 g/mol. The first-order valence-corrected chi connectivity index (χ1v) is 27.5. The van der Waals surface area contributed by atoms with Crippen molar-refractivity contribution in [1.82, 2.24) is 18.3 Å². The van der Waals surface area contributed by atoms with Gasteiger partial charge in [0, 0.05) is 68.1 Å². The Morgan fingerprint density at radius 1 is 0.310 bits per heavy atom. The maximum Gasteiger partial charge on any atom is 0.416 e. The second kappa shape index (κ2) is 20.1. The van der Waals surface area contributed by atoms with Gasteiger partial charge in [-0.2, -0.15) is 31.6 Å². The molecule has 0 N–H and O–H groups in total. The highest BCUT2D eigenvalue weighted by molar-refractivity contribution is 6.15.